The Hall–Kier alpha value is -1.42. The van der Waals surface area contributed by atoms with E-state index in [1.165, 1.54) is 12.1 Å². The van der Waals surface area contributed by atoms with Crippen LogP contribution < -0.4 is 5.73 Å². The number of hydrogen-bond acceptors (Lipinski definition) is 2. The number of nitrogens with two attached hydrogens (primary N) is 1. The first-order chi connectivity index (χ1) is 9.09. The Morgan fingerprint density at radius 2 is 1.79 bits per heavy atom. The highest BCUT2D eigenvalue weighted by Gasteiger charge is 2.21. The molecule has 0 bridgehead atoms. The third kappa shape index (κ3) is 3.32. The Balaban J connectivity index is 2.15. The third-order valence-electron chi connectivity index (χ3n) is 3.02. The molecule has 0 aliphatic heterocycles. The van der Waals surface area contributed by atoms with Crippen molar-refractivity contribution in [2.24, 2.45) is 5.73 Å². The molecule has 0 aromatic heterocycles. The first-order valence-corrected chi connectivity index (χ1v) is 6.39. The second-order valence-electron chi connectivity index (χ2n) is 4.44. The molecule has 0 fully saturated rings. The molecule has 2 unspecified atom stereocenters. The third-order valence-corrected chi connectivity index (χ3v) is 3.31. The summed E-state index contributed by atoms with van der Waals surface area (Å²) in [6.07, 6.45) is -0.618. The summed E-state index contributed by atoms with van der Waals surface area (Å²) in [6, 6.07) is 13.5. The molecule has 0 spiro atoms. The fraction of sp³-hybridized carbons (Fsp3) is 0.200. The summed E-state index contributed by atoms with van der Waals surface area (Å²) in [4.78, 5) is 0. The van der Waals surface area contributed by atoms with Gasteiger partial charge in [0.2, 0.25) is 0 Å². The van der Waals surface area contributed by atoms with Gasteiger partial charge in [-0.15, -0.1) is 0 Å². The van der Waals surface area contributed by atoms with Gasteiger partial charge < -0.3 is 10.8 Å². The number of hydrogen-bond donors (Lipinski definition) is 2. The van der Waals surface area contributed by atoms with E-state index in [4.69, 9.17) is 17.3 Å². The lowest BCUT2D eigenvalue weighted by molar-refractivity contribution is 0.142. The van der Waals surface area contributed by atoms with Crippen LogP contribution in [0.3, 0.4) is 0 Å². The second-order valence-corrected chi connectivity index (χ2v) is 4.85. The quantitative estimate of drug-likeness (QED) is 0.903. The largest absolute Gasteiger partial charge is 0.387 e. The van der Waals surface area contributed by atoms with Gasteiger partial charge in [0, 0.05) is 11.6 Å². The number of aliphatic hydroxyl groups is 1. The van der Waals surface area contributed by atoms with Crippen molar-refractivity contribution < 1.29 is 9.50 Å². The summed E-state index contributed by atoms with van der Waals surface area (Å²) in [5.41, 5.74) is 7.07. The molecule has 0 amide bonds. The van der Waals surface area contributed by atoms with Crippen molar-refractivity contribution in [2.75, 3.05) is 0 Å². The SMILES string of the molecule is NC(Cc1ccccc1)C(O)c1cccc(Cl)c1F. The van der Waals surface area contributed by atoms with Crippen LogP contribution in [0.25, 0.3) is 0 Å². The summed E-state index contributed by atoms with van der Waals surface area (Å²) < 4.78 is 13.8. The molecule has 2 aromatic rings. The number of aliphatic hydroxyl groups excluding tert-OH is 1. The molecule has 100 valence electrons. The zero-order valence-electron chi connectivity index (χ0n) is 10.3. The molecular formula is C15H15ClFNO. The molecule has 2 nitrogen and oxygen atoms in total. The molecule has 0 saturated heterocycles. The van der Waals surface area contributed by atoms with Crippen molar-refractivity contribution in [3.05, 3.63) is 70.5 Å². The Kier molecular flexibility index (Phi) is 4.53. The first kappa shape index (κ1) is 14.0. The molecule has 2 aromatic carbocycles. The maximum absolute atomic E-state index is 13.8. The fourth-order valence-electron chi connectivity index (χ4n) is 1.98. The van der Waals surface area contributed by atoms with Crippen molar-refractivity contribution in [3.8, 4) is 0 Å². The van der Waals surface area contributed by atoms with Crippen LogP contribution in [0.4, 0.5) is 4.39 Å². The van der Waals surface area contributed by atoms with E-state index in [0.29, 0.717) is 6.42 Å². The van der Waals surface area contributed by atoms with E-state index < -0.39 is 18.0 Å². The lowest BCUT2D eigenvalue weighted by atomic mass is 9.96. The summed E-state index contributed by atoms with van der Waals surface area (Å²) in [5.74, 6) is -0.611. The van der Waals surface area contributed by atoms with Crippen molar-refractivity contribution >= 4 is 11.6 Å². The molecule has 2 rings (SSSR count). The van der Waals surface area contributed by atoms with Crippen LogP contribution in [0.2, 0.25) is 5.02 Å². The van der Waals surface area contributed by atoms with E-state index in [1.54, 1.807) is 6.07 Å². The molecule has 0 aliphatic rings. The standard InChI is InChI=1S/C15H15ClFNO/c16-12-8-4-7-11(14(12)17)15(19)13(18)9-10-5-2-1-3-6-10/h1-8,13,15,19H,9,18H2. The van der Waals surface area contributed by atoms with Gasteiger partial charge >= 0.3 is 0 Å². The Morgan fingerprint density at radius 3 is 2.47 bits per heavy atom. The van der Waals surface area contributed by atoms with Gasteiger partial charge in [-0.2, -0.15) is 0 Å². The average Bonchev–Trinajstić information content (AvgIpc) is 2.42. The summed E-state index contributed by atoms with van der Waals surface area (Å²) in [5, 5.41) is 10.1. The van der Waals surface area contributed by atoms with Crippen molar-refractivity contribution in [1.82, 2.24) is 0 Å². The van der Waals surface area contributed by atoms with Crippen LogP contribution >= 0.6 is 11.6 Å². The normalized spacial score (nSPS) is 14.1. The lowest BCUT2D eigenvalue weighted by Gasteiger charge is -2.20. The smallest absolute Gasteiger partial charge is 0.147 e. The molecule has 0 saturated carbocycles. The monoisotopic (exact) mass is 279 g/mol. The molecule has 0 radical (unpaired) electrons. The van der Waals surface area contributed by atoms with Gasteiger partial charge in [-0.25, -0.2) is 4.39 Å². The molecule has 0 aliphatic carbocycles. The zero-order chi connectivity index (χ0) is 13.8. The predicted octanol–water partition coefficient (Wildman–Crippen LogP) is 3.08. The van der Waals surface area contributed by atoms with Gasteiger partial charge in [-0.05, 0) is 18.1 Å². The van der Waals surface area contributed by atoms with Crippen molar-refractivity contribution in [3.63, 3.8) is 0 Å². The van der Waals surface area contributed by atoms with Crippen molar-refractivity contribution in [2.45, 2.75) is 18.6 Å². The lowest BCUT2D eigenvalue weighted by Crippen LogP contribution is -2.31. The number of benzene rings is 2. The van der Waals surface area contributed by atoms with Crippen LogP contribution in [0.15, 0.2) is 48.5 Å². The Labute approximate surface area is 116 Å². The molecule has 0 heterocycles. The van der Waals surface area contributed by atoms with E-state index in [9.17, 15) is 9.50 Å². The maximum Gasteiger partial charge on any atom is 0.147 e. The van der Waals surface area contributed by atoms with E-state index in [1.807, 2.05) is 30.3 Å². The minimum atomic E-state index is -1.08. The van der Waals surface area contributed by atoms with Crippen LogP contribution in [0.1, 0.15) is 17.2 Å². The maximum atomic E-state index is 13.8. The zero-order valence-corrected chi connectivity index (χ0v) is 11.0. The molecule has 19 heavy (non-hydrogen) atoms. The van der Waals surface area contributed by atoms with Gasteiger partial charge in [-0.3, -0.25) is 0 Å². The summed E-state index contributed by atoms with van der Waals surface area (Å²) >= 11 is 5.70. The van der Waals surface area contributed by atoms with Gasteiger partial charge in [0.25, 0.3) is 0 Å². The van der Waals surface area contributed by atoms with Crippen LogP contribution in [0.5, 0.6) is 0 Å². The fourth-order valence-corrected chi connectivity index (χ4v) is 2.16. The Bertz CT molecular complexity index is 547. The van der Waals surface area contributed by atoms with Gasteiger partial charge in [0.15, 0.2) is 0 Å². The minimum Gasteiger partial charge on any atom is -0.387 e. The van der Waals surface area contributed by atoms with E-state index in [0.717, 1.165) is 5.56 Å². The average molecular weight is 280 g/mol. The highest BCUT2D eigenvalue weighted by atomic mass is 35.5. The van der Waals surface area contributed by atoms with Gasteiger partial charge in [0.1, 0.15) is 5.82 Å². The highest BCUT2D eigenvalue weighted by molar-refractivity contribution is 6.30. The number of halogens is 2. The van der Waals surface area contributed by atoms with Gasteiger partial charge in [-0.1, -0.05) is 54.1 Å². The molecule has 3 N–H and O–H groups in total. The second kappa shape index (κ2) is 6.15. The van der Waals surface area contributed by atoms with E-state index >= 15 is 0 Å². The first-order valence-electron chi connectivity index (χ1n) is 6.01. The van der Waals surface area contributed by atoms with Crippen LogP contribution in [-0.4, -0.2) is 11.1 Å². The summed E-state index contributed by atoms with van der Waals surface area (Å²) in [7, 11) is 0. The number of rotatable bonds is 4. The Morgan fingerprint density at radius 1 is 1.11 bits per heavy atom. The minimum absolute atomic E-state index is 0.0107. The summed E-state index contributed by atoms with van der Waals surface area (Å²) in [6.45, 7) is 0. The molecular weight excluding hydrogens is 265 g/mol. The highest BCUT2D eigenvalue weighted by Crippen LogP contribution is 2.25. The van der Waals surface area contributed by atoms with Crippen LogP contribution in [0, 0.1) is 5.82 Å². The molecule has 4 heteroatoms. The van der Waals surface area contributed by atoms with E-state index in [-0.39, 0.29) is 10.6 Å². The predicted molar refractivity (Wildman–Crippen MR) is 74.5 cm³/mol. The van der Waals surface area contributed by atoms with Crippen molar-refractivity contribution in [1.29, 1.82) is 0 Å². The van der Waals surface area contributed by atoms with E-state index in [2.05, 4.69) is 0 Å². The van der Waals surface area contributed by atoms with Gasteiger partial charge in [0.05, 0.1) is 11.1 Å². The van der Waals surface area contributed by atoms with Crippen LogP contribution in [-0.2, 0) is 6.42 Å². The molecule has 2 atom stereocenters. The topological polar surface area (TPSA) is 46.2 Å².